The predicted molar refractivity (Wildman–Crippen MR) is 71.5 cm³/mol. The molecule has 6 nitrogen and oxygen atoms in total. The van der Waals surface area contributed by atoms with Gasteiger partial charge in [-0.25, -0.2) is 0 Å². The van der Waals surface area contributed by atoms with Crippen LogP contribution in [-0.4, -0.2) is 67.0 Å². The summed E-state index contributed by atoms with van der Waals surface area (Å²) in [5.74, 6) is -3.01. The van der Waals surface area contributed by atoms with E-state index < -0.39 is 41.1 Å². The third-order valence-electron chi connectivity index (χ3n) is 5.63. The summed E-state index contributed by atoms with van der Waals surface area (Å²) in [6.45, 7) is 3.09. The van der Waals surface area contributed by atoms with Gasteiger partial charge in [0.1, 0.15) is 12.2 Å². The van der Waals surface area contributed by atoms with Crippen molar-refractivity contribution in [3.05, 3.63) is 0 Å². The predicted octanol–water partition coefficient (Wildman–Crippen LogP) is 0.925. The van der Waals surface area contributed by atoms with Gasteiger partial charge in [0.15, 0.2) is 0 Å². The Morgan fingerprint density at radius 2 is 1.61 bits per heavy atom. The lowest BCUT2D eigenvalue weighted by Crippen LogP contribution is -2.81. The Morgan fingerprint density at radius 1 is 1.09 bits per heavy atom. The summed E-state index contributed by atoms with van der Waals surface area (Å²) in [5, 5.41) is 13.5. The molecule has 2 saturated heterocycles. The van der Waals surface area contributed by atoms with Crippen molar-refractivity contribution in [2.45, 2.75) is 67.8 Å². The van der Waals surface area contributed by atoms with Crippen molar-refractivity contribution in [1.29, 1.82) is 0 Å². The van der Waals surface area contributed by atoms with Crippen molar-refractivity contribution in [3.8, 4) is 0 Å². The first-order chi connectivity index (χ1) is 10.5. The monoisotopic (exact) mass is 341 g/mol. The molecule has 2 heterocycles. The number of hydrogen-bond donors (Lipinski definition) is 2. The number of ether oxygens (including phenoxy) is 4. The van der Waals surface area contributed by atoms with E-state index in [1.54, 1.807) is 0 Å². The Morgan fingerprint density at radius 3 is 2.04 bits per heavy atom. The Labute approximate surface area is 132 Å². The summed E-state index contributed by atoms with van der Waals surface area (Å²) in [5.41, 5.74) is -4.48. The third kappa shape index (κ3) is 2.04. The molecule has 0 radical (unpaired) electrons. The highest BCUT2D eigenvalue weighted by Gasteiger charge is 2.80. The average molecular weight is 341 g/mol. The Bertz CT molecular complexity index is 499. The van der Waals surface area contributed by atoms with E-state index in [1.165, 1.54) is 28.1 Å². The van der Waals surface area contributed by atoms with Gasteiger partial charge in [0.2, 0.25) is 17.2 Å². The van der Waals surface area contributed by atoms with Crippen LogP contribution in [0.15, 0.2) is 0 Å². The van der Waals surface area contributed by atoms with Crippen LogP contribution in [0.1, 0.15) is 26.7 Å². The van der Waals surface area contributed by atoms with Crippen LogP contribution in [0.3, 0.4) is 0 Å². The zero-order valence-corrected chi connectivity index (χ0v) is 13.5. The number of alkyl halides is 3. The maximum absolute atomic E-state index is 13.8. The number of methoxy groups -OCH3 is 2. The molecule has 1 unspecified atom stereocenters. The molecule has 0 aromatic carbocycles. The van der Waals surface area contributed by atoms with Crippen LogP contribution in [0.4, 0.5) is 13.2 Å². The molecular weight excluding hydrogens is 319 g/mol. The van der Waals surface area contributed by atoms with E-state index >= 15 is 0 Å². The summed E-state index contributed by atoms with van der Waals surface area (Å²) < 4.78 is 63.3. The number of hydrogen-bond acceptors (Lipinski definition) is 6. The minimum absolute atomic E-state index is 0.127. The largest absolute Gasteiger partial charge is 0.421 e. The third-order valence-corrected chi connectivity index (χ3v) is 5.63. The number of nitrogens with one attached hydrogen (secondary N) is 1. The van der Waals surface area contributed by atoms with E-state index in [0.29, 0.717) is 0 Å². The van der Waals surface area contributed by atoms with Crippen LogP contribution in [0.2, 0.25) is 0 Å². The van der Waals surface area contributed by atoms with E-state index in [9.17, 15) is 18.3 Å². The molecule has 3 rings (SSSR count). The van der Waals surface area contributed by atoms with E-state index in [-0.39, 0.29) is 19.4 Å². The highest BCUT2D eigenvalue weighted by molar-refractivity contribution is 5.26. The van der Waals surface area contributed by atoms with Crippen molar-refractivity contribution in [2.75, 3.05) is 20.8 Å². The van der Waals surface area contributed by atoms with Gasteiger partial charge in [0, 0.05) is 20.8 Å². The van der Waals surface area contributed by atoms with Crippen LogP contribution >= 0.6 is 0 Å². The van der Waals surface area contributed by atoms with Crippen LogP contribution in [0.25, 0.3) is 0 Å². The first-order valence-electron chi connectivity index (χ1n) is 7.49. The molecule has 5 atom stereocenters. The standard InChI is InChI=1S/C14H22F3NO5/c1-10(20-3)11(2,21-4)23-9-8(22-10)7-18-12(5-6-12)13(9,19)14(15,16)17/h8-9,18-19H,5-7H2,1-4H3/t8-,9+,10+,11+,13?/m1/s1. The summed E-state index contributed by atoms with van der Waals surface area (Å²) in [6.07, 6.45) is -7.07. The van der Waals surface area contributed by atoms with Gasteiger partial charge in [0.05, 0.1) is 5.54 Å². The second-order valence-corrected chi connectivity index (χ2v) is 6.72. The minimum Gasteiger partial charge on any atom is -0.377 e. The summed E-state index contributed by atoms with van der Waals surface area (Å²) in [4.78, 5) is 0. The highest BCUT2D eigenvalue weighted by atomic mass is 19.4. The fourth-order valence-electron chi connectivity index (χ4n) is 3.67. The van der Waals surface area contributed by atoms with Crippen molar-refractivity contribution in [2.24, 2.45) is 0 Å². The van der Waals surface area contributed by atoms with E-state index in [4.69, 9.17) is 18.9 Å². The van der Waals surface area contributed by atoms with Crippen molar-refractivity contribution in [1.82, 2.24) is 5.32 Å². The molecular formula is C14H22F3NO5. The Kier molecular flexibility index (Phi) is 3.62. The summed E-state index contributed by atoms with van der Waals surface area (Å²) in [6, 6.07) is 0. The molecule has 2 N–H and O–H groups in total. The molecule has 0 aromatic heterocycles. The topological polar surface area (TPSA) is 69.2 Å². The SMILES string of the molecule is CO[C@@]1(C)O[C@@H]2CNC3(CC3)C(O)(C(F)(F)F)[C@H]2O[C@]1(C)OC. The van der Waals surface area contributed by atoms with Crippen LogP contribution < -0.4 is 5.32 Å². The lowest BCUT2D eigenvalue weighted by atomic mass is 9.77. The number of halogens is 3. The lowest BCUT2D eigenvalue weighted by molar-refractivity contribution is -0.478. The van der Waals surface area contributed by atoms with Crippen molar-refractivity contribution >= 4 is 0 Å². The number of rotatable bonds is 2. The average Bonchev–Trinajstić information content (AvgIpc) is 3.26. The van der Waals surface area contributed by atoms with Gasteiger partial charge in [-0.05, 0) is 26.7 Å². The first-order valence-corrected chi connectivity index (χ1v) is 7.49. The molecule has 3 fully saturated rings. The van der Waals surface area contributed by atoms with Gasteiger partial charge < -0.3 is 29.4 Å². The quantitative estimate of drug-likeness (QED) is 0.779. The van der Waals surface area contributed by atoms with Gasteiger partial charge in [0.25, 0.3) is 0 Å². The van der Waals surface area contributed by atoms with Crippen molar-refractivity contribution < 1.29 is 37.2 Å². The van der Waals surface area contributed by atoms with Crippen LogP contribution in [0.5, 0.6) is 0 Å². The van der Waals surface area contributed by atoms with Gasteiger partial charge in [-0.3, -0.25) is 0 Å². The Hall–Kier alpha value is -0.450. The fraction of sp³-hybridized carbons (Fsp3) is 1.00. The van der Waals surface area contributed by atoms with Crippen molar-refractivity contribution in [3.63, 3.8) is 0 Å². The maximum Gasteiger partial charge on any atom is 0.421 e. The van der Waals surface area contributed by atoms with Gasteiger partial charge in [-0.1, -0.05) is 0 Å². The molecule has 134 valence electrons. The molecule has 0 amide bonds. The second kappa shape index (κ2) is 4.80. The zero-order chi connectivity index (χ0) is 17.3. The summed E-state index contributed by atoms with van der Waals surface area (Å²) in [7, 11) is 2.65. The number of piperidine rings is 1. The molecule has 23 heavy (non-hydrogen) atoms. The van der Waals surface area contributed by atoms with Gasteiger partial charge in [-0.2, -0.15) is 13.2 Å². The normalized spacial score (nSPS) is 49.0. The van der Waals surface area contributed by atoms with Crippen LogP contribution in [0, 0.1) is 0 Å². The molecule has 0 bridgehead atoms. The second-order valence-electron chi connectivity index (χ2n) is 6.72. The molecule has 9 heteroatoms. The zero-order valence-electron chi connectivity index (χ0n) is 13.5. The molecule has 1 saturated carbocycles. The van der Waals surface area contributed by atoms with Gasteiger partial charge >= 0.3 is 6.18 Å². The van der Waals surface area contributed by atoms with E-state index in [1.807, 2.05) is 0 Å². The molecule has 1 aliphatic carbocycles. The molecule has 2 aliphatic heterocycles. The van der Waals surface area contributed by atoms with E-state index in [0.717, 1.165) is 0 Å². The van der Waals surface area contributed by atoms with E-state index in [2.05, 4.69) is 5.32 Å². The molecule has 0 aromatic rings. The summed E-state index contributed by atoms with van der Waals surface area (Å²) >= 11 is 0. The molecule has 1 spiro atoms. The lowest BCUT2D eigenvalue weighted by Gasteiger charge is -2.59. The smallest absolute Gasteiger partial charge is 0.377 e. The van der Waals surface area contributed by atoms with Crippen LogP contribution in [-0.2, 0) is 18.9 Å². The number of aliphatic hydroxyl groups is 1. The maximum atomic E-state index is 13.8. The molecule has 3 aliphatic rings. The Balaban J connectivity index is 2.03. The highest BCUT2D eigenvalue weighted by Crippen LogP contribution is 2.59. The van der Waals surface area contributed by atoms with Gasteiger partial charge in [-0.15, -0.1) is 0 Å². The fourth-order valence-corrected chi connectivity index (χ4v) is 3.67. The number of fused-ring (bicyclic) bond motifs is 1. The minimum atomic E-state index is -4.88. The first kappa shape index (κ1) is 17.4.